The number of ether oxygens (including phenoxy) is 2. The summed E-state index contributed by atoms with van der Waals surface area (Å²) in [7, 11) is 1.57. The Morgan fingerprint density at radius 1 is 1.17 bits per heavy atom. The molecule has 0 radical (unpaired) electrons. The van der Waals surface area contributed by atoms with Gasteiger partial charge in [0.2, 0.25) is 5.76 Å². The molecule has 0 saturated carbocycles. The van der Waals surface area contributed by atoms with Crippen molar-refractivity contribution >= 4 is 16.9 Å². The molecule has 5 rings (SSSR count). The predicted molar refractivity (Wildman–Crippen MR) is 107 cm³/mol. The summed E-state index contributed by atoms with van der Waals surface area (Å²) >= 11 is 0. The lowest BCUT2D eigenvalue weighted by atomic mass is 9.98. The molecule has 0 bridgehead atoms. The van der Waals surface area contributed by atoms with Crippen molar-refractivity contribution in [1.82, 2.24) is 4.90 Å². The van der Waals surface area contributed by atoms with Crippen molar-refractivity contribution in [3.05, 3.63) is 75.4 Å². The Hall–Kier alpha value is -3.19. The van der Waals surface area contributed by atoms with E-state index in [0.29, 0.717) is 18.9 Å². The first-order chi connectivity index (χ1) is 14.6. The van der Waals surface area contributed by atoms with E-state index in [1.165, 1.54) is 12.1 Å². The second-order valence-corrected chi connectivity index (χ2v) is 7.58. The molecule has 1 fully saturated rings. The minimum atomic E-state index is -0.633. The maximum absolute atomic E-state index is 13.8. The summed E-state index contributed by atoms with van der Waals surface area (Å²) in [5.41, 5.74) is 0.793. The number of hydrogen-bond donors (Lipinski definition) is 0. The lowest BCUT2D eigenvalue weighted by Gasteiger charge is -2.27. The number of fused-ring (bicyclic) bond motifs is 2. The van der Waals surface area contributed by atoms with Crippen molar-refractivity contribution in [3.8, 4) is 5.75 Å². The fraction of sp³-hybridized carbons (Fsp3) is 0.304. The minimum absolute atomic E-state index is 0.0120. The molecule has 2 atom stereocenters. The van der Waals surface area contributed by atoms with Crippen LogP contribution in [0.25, 0.3) is 11.0 Å². The molecule has 1 amide bonds. The van der Waals surface area contributed by atoms with Crippen LogP contribution < -0.4 is 10.2 Å². The van der Waals surface area contributed by atoms with Gasteiger partial charge in [-0.3, -0.25) is 9.59 Å². The molecule has 154 valence electrons. The number of halogens is 1. The summed E-state index contributed by atoms with van der Waals surface area (Å²) in [6.45, 7) is 1.01. The molecule has 0 spiro atoms. The van der Waals surface area contributed by atoms with Gasteiger partial charge in [-0.25, -0.2) is 4.39 Å². The first-order valence-electron chi connectivity index (χ1n) is 9.89. The fourth-order valence-corrected chi connectivity index (χ4v) is 4.32. The fourth-order valence-electron chi connectivity index (χ4n) is 4.32. The van der Waals surface area contributed by atoms with Gasteiger partial charge < -0.3 is 18.8 Å². The SMILES string of the molecule is COc1ccc([C@H]2c3c(oc4ccc(F)cc4c3=O)C(=O)N2C[C@H]2CCCO2)cc1. The smallest absolute Gasteiger partial charge is 0.291 e. The van der Waals surface area contributed by atoms with E-state index < -0.39 is 17.3 Å². The lowest BCUT2D eigenvalue weighted by Crippen LogP contribution is -2.36. The van der Waals surface area contributed by atoms with Crippen LogP contribution in [0.2, 0.25) is 0 Å². The van der Waals surface area contributed by atoms with Gasteiger partial charge in [-0.15, -0.1) is 0 Å². The van der Waals surface area contributed by atoms with E-state index in [2.05, 4.69) is 0 Å². The monoisotopic (exact) mass is 409 g/mol. The van der Waals surface area contributed by atoms with Crippen LogP contribution in [-0.2, 0) is 4.74 Å². The van der Waals surface area contributed by atoms with Crippen molar-refractivity contribution in [1.29, 1.82) is 0 Å². The lowest BCUT2D eigenvalue weighted by molar-refractivity contribution is 0.0486. The maximum Gasteiger partial charge on any atom is 0.291 e. The van der Waals surface area contributed by atoms with E-state index >= 15 is 0 Å². The number of amides is 1. The molecule has 0 unspecified atom stereocenters. The zero-order valence-electron chi connectivity index (χ0n) is 16.4. The van der Waals surface area contributed by atoms with Crippen molar-refractivity contribution in [2.24, 2.45) is 0 Å². The Morgan fingerprint density at radius 3 is 2.67 bits per heavy atom. The summed E-state index contributed by atoms with van der Waals surface area (Å²) in [6.07, 6.45) is 1.70. The molecule has 0 aliphatic carbocycles. The van der Waals surface area contributed by atoms with Gasteiger partial charge in [0.15, 0.2) is 5.43 Å². The molecular formula is C23H20FNO5. The minimum Gasteiger partial charge on any atom is -0.497 e. The number of hydrogen-bond acceptors (Lipinski definition) is 5. The quantitative estimate of drug-likeness (QED) is 0.658. The number of carbonyl (C=O) groups is 1. The van der Waals surface area contributed by atoms with Crippen LogP contribution in [0.1, 0.15) is 40.6 Å². The molecule has 2 aromatic carbocycles. The molecule has 0 N–H and O–H groups in total. The molecule has 1 aromatic heterocycles. The van der Waals surface area contributed by atoms with E-state index in [1.54, 1.807) is 24.1 Å². The zero-order chi connectivity index (χ0) is 20.8. The number of methoxy groups -OCH3 is 1. The Balaban J connectivity index is 1.69. The Kier molecular flexibility index (Phi) is 4.55. The second kappa shape index (κ2) is 7.25. The number of nitrogens with zero attached hydrogens (tertiary/aromatic N) is 1. The van der Waals surface area contributed by atoms with Crippen molar-refractivity contribution in [2.45, 2.75) is 25.0 Å². The van der Waals surface area contributed by atoms with Crippen molar-refractivity contribution in [3.63, 3.8) is 0 Å². The van der Waals surface area contributed by atoms with Crippen LogP contribution in [0.5, 0.6) is 5.75 Å². The van der Waals surface area contributed by atoms with Gasteiger partial charge in [-0.1, -0.05) is 12.1 Å². The third kappa shape index (κ3) is 2.97. The third-order valence-electron chi connectivity index (χ3n) is 5.78. The third-order valence-corrected chi connectivity index (χ3v) is 5.78. The largest absolute Gasteiger partial charge is 0.497 e. The maximum atomic E-state index is 13.8. The number of benzene rings is 2. The Labute approximate surface area is 171 Å². The van der Waals surface area contributed by atoms with Gasteiger partial charge in [0.1, 0.15) is 17.1 Å². The summed E-state index contributed by atoms with van der Waals surface area (Å²) < 4.78 is 30.6. The van der Waals surface area contributed by atoms with Crippen LogP contribution in [0.3, 0.4) is 0 Å². The molecule has 7 heteroatoms. The topological polar surface area (TPSA) is 69.0 Å². The molecule has 2 aliphatic rings. The van der Waals surface area contributed by atoms with Crippen LogP contribution in [0.15, 0.2) is 51.7 Å². The highest BCUT2D eigenvalue weighted by Gasteiger charge is 2.43. The standard InChI is InChI=1S/C23H20FNO5/c1-28-15-7-4-13(5-8-15)20-19-21(26)17-11-14(24)6-9-18(17)30-22(19)23(27)25(20)12-16-3-2-10-29-16/h4-9,11,16,20H,2-3,10,12H2,1H3/t16-,20+/m1/s1. The normalized spacial score (nSPS) is 20.7. The van der Waals surface area contributed by atoms with Crippen molar-refractivity contribution in [2.75, 3.05) is 20.3 Å². The van der Waals surface area contributed by atoms with Gasteiger partial charge in [0.25, 0.3) is 5.91 Å². The van der Waals surface area contributed by atoms with Gasteiger partial charge >= 0.3 is 0 Å². The van der Waals surface area contributed by atoms with Gasteiger partial charge in [0, 0.05) is 13.2 Å². The van der Waals surface area contributed by atoms with E-state index in [9.17, 15) is 14.0 Å². The summed E-state index contributed by atoms with van der Waals surface area (Å²) in [6, 6.07) is 10.3. The van der Waals surface area contributed by atoms with Crippen LogP contribution >= 0.6 is 0 Å². The molecule has 3 aromatic rings. The number of rotatable bonds is 4. The molecular weight excluding hydrogens is 389 g/mol. The Morgan fingerprint density at radius 2 is 1.97 bits per heavy atom. The summed E-state index contributed by atoms with van der Waals surface area (Å²) in [5.74, 6) is -0.208. The first-order valence-corrected chi connectivity index (χ1v) is 9.89. The molecule has 2 aliphatic heterocycles. The van der Waals surface area contributed by atoms with Gasteiger partial charge in [-0.2, -0.15) is 0 Å². The van der Waals surface area contributed by atoms with E-state index in [0.717, 1.165) is 24.5 Å². The van der Waals surface area contributed by atoms with E-state index in [-0.39, 0.29) is 34.3 Å². The highest BCUT2D eigenvalue weighted by atomic mass is 19.1. The first kappa shape index (κ1) is 18.8. The Bertz CT molecular complexity index is 1180. The van der Waals surface area contributed by atoms with Crippen LogP contribution in [0, 0.1) is 5.82 Å². The summed E-state index contributed by atoms with van der Waals surface area (Å²) in [4.78, 5) is 28.3. The predicted octanol–water partition coefficient (Wildman–Crippen LogP) is 3.66. The average Bonchev–Trinajstić information content (AvgIpc) is 3.37. The zero-order valence-corrected chi connectivity index (χ0v) is 16.4. The highest BCUT2D eigenvalue weighted by Crippen LogP contribution is 2.39. The van der Waals surface area contributed by atoms with Gasteiger partial charge in [0.05, 0.1) is 30.2 Å². The van der Waals surface area contributed by atoms with Crippen LogP contribution in [0.4, 0.5) is 4.39 Å². The summed E-state index contributed by atoms with van der Waals surface area (Å²) in [5, 5.41) is 0.124. The molecule has 3 heterocycles. The van der Waals surface area contributed by atoms with Crippen molar-refractivity contribution < 1.29 is 23.1 Å². The van der Waals surface area contributed by atoms with E-state index in [1.807, 2.05) is 12.1 Å². The van der Waals surface area contributed by atoms with Crippen LogP contribution in [-0.4, -0.2) is 37.2 Å². The number of carbonyl (C=O) groups excluding carboxylic acids is 1. The average molecular weight is 409 g/mol. The molecule has 6 nitrogen and oxygen atoms in total. The second-order valence-electron chi connectivity index (χ2n) is 7.58. The highest BCUT2D eigenvalue weighted by molar-refractivity contribution is 5.99. The van der Waals surface area contributed by atoms with Gasteiger partial charge in [-0.05, 0) is 48.7 Å². The van der Waals surface area contributed by atoms with E-state index in [4.69, 9.17) is 13.9 Å². The molecule has 30 heavy (non-hydrogen) atoms. The molecule has 1 saturated heterocycles.